The third-order valence-corrected chi connectivity index (χ3v) is 2.62. The number of nitrogen functional groups attached to an aromatic ring is 1. The Morgan fingerprint density at radius 3 is 2.94 bits per heavy atom. The first-order valence-corrected chi connectivity index (χ1v) is 5.59. The summed E-state index contributed by atoms with van der Waals surface area (Å²) in [5, 5.41) is 0. The molecule has 5 nitrogen and oxygen atoms in total. The second kappa shape index (κ2) is 4.37. The summed E-state index contributed by atoms with van der Waals surface area (Å²) in [5.74, 6) is 1.41. The van der Waals surface area contributed by atoms with E-state index < -0.39 is 0 Å². The number of nitrogens with two attached hydrogens (primary N) is 1. The highest BCUT2D eigenvalue weighted by Gasteiger charge is 2.04. The van der Waals surface area contributed by atoms with Crippen LogP contribution in [0.5, 0.6) is 5.75 Å². The van der Waals surface area contributed by atoms with Crippen molar-refractivity contribution in [1.82, 2.24) is 15.0 Å². The molecule has 0 amide bonds. The maximum atomic E-state index is 5.79. The van der Waals surface area contributed by atoms with E-state index in [1.54, 1.807) is 18.5 Å². The van der Waals surface area contributed by atoms with E-state index in [0.29, 0.717) is 18.0 Å². The van der Waals surface area contributed by atoms with Crippen molar-refractivity contribution in [1.29, 1.82) is 0 Å². The van der Waals surface area contributed by atoms with Crippen LogP contribution in [0, 0.1) is 0 Å². The third kappa shape index (κ3) is 1.98. The summed E-state index contributed by atoms with van der Waals surface area (Å²) < 4.78 is 5.61. The smallest absolute Gasteiger partial charge is 0.146 e. The van der Waals surface area contributed by atoms with Crippen LogP contribution in [0.1, 0.15) is 5.82 Å². The molecular formula is C13H12N4O. The van der Waals surface area contributed by atoms with Crippen LogP contribution in [0.4, 0.5) is 5.69 Å². The zero-order valence-electron chi connectivity index (χ0n) is 9.63. The summed E-state index contributed by atoms with van der Waals surface area (Å²) in [6.45, 7) is 0.350. The Morgan fingerprint density at radius 1 is 1.22 bits per heavy atom. The molecule has 0 aliphatic rings. The highest BCUT2D eigenvalue weighted by molar-refractivity contribution is 5.73. The van der Waals surface area contributed by atoms with E-state index in [-0.39, 0.29) is 0 Å². The van der Waals surface area contributed by atoms with E-state index in [2.05, 4.69) is 15.0 Å². The lowest BCUT2D eigenvalue weighted by molar-refractivity contribution is 0.299. The van der Waals surface area contributed by atoms with Crippen LogP contribution in [0.25, 0.3) is 11.0 Å². The lowest BCUT2D eigenvalue weighted by Crippen LogP contribution is -1.99. The molecule has 90 valence electrons. The minimum absolute atomic E-state index is 0.350. The van der Waals surface area contributed by atoms with Crippen LogP contribution >= 0.6 is 0 Å². The molecule has 0 aliphatic carbocycles. The van der Waals surface area contributed by atoms with Crippen LogP contribution in [-0.4, -0.2) is 15.0 Å². The number of anilines is 1. The first-order chi connectivity index (χ1) is 8.83. The van der Waals surface area contributed by atoms with Crippen LogP contribution < -0.4 is 10.5 Å². The molecule has 5 heteroatoms. The van der Waals surface area contributed by atoms with Gasteiger partial charge in [-0.25, -0.2) is 4.98 Å². The predicted octanol–water partition coefficient (Wildman–Crippen LogP) is 2.12. The molecule has 0 saturated heterocycles. The number of rotatable bonds is 3. The molecule has 18 heavy (non-hydrogen) atoms. The Bertz CT molecular complexity index is 644. The Morgan fingerprint density at radius 2 is 2.11 bits per heavy atom. The first kappa shape index (κ1) is 10.6. The van der Waals surface area contributed by atoms with Crippen LogP contribution in [0.15, 0.2) is 42.7 Å². The minimum atomic E-state index is 0.350. The van der Waals surface area contributed by atoms with Gasteiger partial charge < -0.3 is 15.5 Å². The van der Waals surface area contributed by atoms with Crippen LogP contribution in [0.3, 0.4) is 0 Å². The molecule has 0 unspecified atom stereocenters. The second-order valence-electron chi connectivity index (χ2n) is 3.90. The van der Waals surface area contributed by atoms with Crippen LogP contribution in [0.2, 0.25) is 0 Å². The number of H-pyrrole nitrogens is 1. The first-order valence-electron chi connectivity index (χ1n) is 5.59. The van der Waals surface area contributed by atoms with Crippen molar-refractivity contribution in [3.63, 3.8) is 0 Å². The standard InChI is InChI=1S/C13H12N4O/c14-9-3-1-2-4-12(9)18-8-13-16-10-5-6-15-7-11(10)17-13/h1-7H,8,14H2,(H,16,17). The average Bonchev–Trinajstić information content (AvgIpc) is 2.80. The van der Waals surface area contributed by atoms with Gasteiger partial charge in [-0.15, -0.1) is 0 Å². The fourth-order valence-corrected chi connectivity index (χ4v) is 1.74. The van der Waals surface area contributed by atoms with Crippen molar-refractivity contribution >= 4 is 16.7 Å². The SMILES string of the molecule is Nc1ccccc1OCc1nc2ccncc2[nH]1. The van der Waals surface area contributed by atoms with Gasteiger partial charge in [0.1, 0.15) is 18.2 Å². The van der Waals surface area contributed by atoms with Gasteiger partial charge >= 0.3 is 0 Å². The van der Waals surface area contributed by atoms with E-state index in [1.807, 2.05) is 24.3 Å². The molecular weight excluding hydrogens is 228 g/mol. The topological polar surface area (TPSA) is 76.8 Å². The summed E-state index contributed by atoms with van der Waals surface area (Å²) >= 11 is 0. The number of nitrogens with zero attached hydrogens (tertiary/aromatic N) is 2. The molecule has 3 rings (SSSR count). The van der Waals surface area contributed by atoms with Crippen molar-refractivity contribution in [3.05, 3.63) is 48.5 Å². The van der Waals surface area contributed by atoms with Gasteiger partial charge in [-0.05, 0) is 18.2 Å². The molecule has 3 N–H and O–H groups in total. The van der Waals surface area contributed by atoms with E-state index in [0.717, 1.165) is 16.9 Å². The van der Waals surface area contributed by atoms with E-state index in [4.69, 9.17) is 10.5 Å². The lowest BCUT2D eigenvalue weighted by Gasteiger charge is -2.06. The molecule has 0 saturated carbocycles. The lowest BCUT2D eigenvalue weighted by atomic mass is 10.3. The third-order valence-electron chi connectivity index (χ3n) is 2.62. The van der Waals surface area contributed by atoms with Gasteiger partial charge in [0.2, 0.25) is 0 Å². The number of benzene rings is 1. The monoisotopic (exact) mass is 240 g/mol. The Kier molecular flexibility index (Phi) is 2.57. The molecule has 0 bridgehead atoms. The molecule has 1 aromatic carbocycles. The number of aromatic nitrogens is 3. The number of hydrogen-bond acceptors (Lipinski definition) is 4. The number of imidazole rings is 1. The van der Waals surface area contributed by atoms with Crippen molar-refractivity contribution in [2.75, 3.05) is 5.73 Å². The normalized spacial score (nSPS) is 10.7. The Labute approximate surface area is 104 Å². The van der Waals surface area contributed by atoms with Crippen molar-refractivity contribution in [2.45, 2.75) is 6.61 Å². The fourth-order valence-electron chi connectivity index (χ4n) is 1.74. The van der Waals surface area contributed by atoms with Crippen molar-refractivity contribution < 1.29 is 4.74 Å². The van der Waals surface area contributed by atoms with Gasteiger partial charge in [0, 0.05) is 6.20 Å². The quantitative estimate of drug-likeness (QED) is 0.687. The molecule has 3 aromatic rings. The Balaban J connectivity index is 1.79. The highest BCUT2D eigenvalue weighted by Crippen LogP contribution is 2.21. The van der Waals surface area contributed by atoms with E-state index in [9.17, 15) is 0 Å². The molecule has 0 aliphatic heterocycles. The summed E-state index contributed by atoms with van der Waals surface area (Å²) in [6, 6.07) is 9.24. The number of para-hydroxylation sites is 2. The molecule has 0 spiro atoms. The predicted molar refractivity (Wildman–Crippen MR) is 69.1 cm³/mol. The fraction of sp³-hybridized carbons (Fsp3) is 0.0769. The summed E-state index contributed by atoms with van der Waals surface area (Å²) in [5.41, 5.74) is 8.19. The minimum Gasteiger partial charge on any atom is -0.484 e. The van der Waals surface area contributed by atoms with Crippen LogP contribution in [-0.2, 0) is 6.61 Å². The zero-order chi connectivity index (χ0) is 12.4. The zero-order valence-corrected chi connectivity index (χ0v) is 9.63. The average molecular weight is 240 g/mol. The van der Waals surface area contributed by atoms with Gasteiger partial charge in [0.15, 0.2) is 0 Å². The molecule has 0 atom stereocenters. The summed E-state index contributed by atoms with van der Waals surface area (Å²) in [4.78, 5) is 11.6. The largest absolute Gasteiger partial charge is 0.484 e. The number of ether oxygens (including phenoxy) is 1. The van der Waals surface area contributed by atoms with E-state index in [1.165, 1.54) is 0 Å². The van der Waals surface area contributed by atoms with Crippen molar-refractivity contribution in [2.24, 2.45) is 0 Å². The summed E-state index contributed by atoms with van der Waals surface area (Å²) in [7, 11) is 0. The van der Waals surface area contributed by atoms with Gasteiger partial charge in [-0.1, -0.05) is 12.1 Å². The number of nitrogens with one attached hydrogen (secondary N) is 1. The second-order valence-corrected chi connectivity index (χ2v) is 3.90. The maximum Gasteiger partial charge on any atom is 0.146 e. The summed E-state index contributed by atoms with van der Waals surface area (Å²) in [6.07, 6.45) is 3.45. The Hall–Kier alpha value is -2.56. The van der Waals surface area contributed by atoms with Gasteiger partial charge in [0.25, 0.3) is 0 Å². The van der Waals surface area contributed by atoms with Crippen molar-refractivity contribution in [3.8, 4) is 5.75 Å². The molecule has 0 radical (unpaired) electrons. The number of aromatic amines is 1. The molecule has 2 aromatic heterocycles. The highest BCUT2D eigenvalue weighted by atomic mass is 16.5. The molecule has 2 heterocycles. The number of hydrogen-bond donors (Lipinski definition) is 2. The molecule has 0 fully saturated rings. The van der Waals surface area contributed by atoms with Gasteiger partial charge in [-0.3, -0.25) is 4.98 Å². The number of fused-ring (bicyclic) bond motifs is 1. The van der Waals surface area contributed by atoms with Gasteiger partial charge in [-0.2, -0.15) is 0 Å². The maximum absolute atomic E-state index is 5.79. The van der Waals surface area contributed by atoms with Gasteiger partial charge in [0.05, 0.1) is 22.9 Å². The number of pyridine rings is 1. The van der Waals surface area contributed by atoms with E-state index >= 15 is 0 Å².